The molecule has 4 rings (SSSR count). The third kappa shape index (κ3) is 5.02. The second-order valence-electron chi connectivity index (χ2n) is 8.13. The van der Waals surface area contributed by atoms with Gasteiger partial charge in [0.15, 0.2) is 0 Å². The summed E-state index contributed by atoms with van der Waals surface area (Å²) in [5.41, 5.74) is 0.748. The van der Waals surface area contributed by atoms with Crippen molar-refractivity contribution in [2.75, 3.05) is 39.3 Å². The van der Waals surface area contributed by atoms with Crippen LogP contribution in [0.4, 0.5) is 4.39 Å². The molecule has 8 nitrogen and oxygen atoms in total. The van der Waals surface area contributed by atoms with Crippen molar-refractivity contribution in [2.24, 2.45) is 0 Å². The lowest BCUT2D eigenvalue weighted by Crippen LogP contribution is -2.41. The molecule has 2 aliphatic rings. The van der Waals surface area contributed by atoms with Gasteiger partial charge in [-0.15, -0.1) is 5.10 Å². The molecule has 2 saturated heterocycles. The summed E-state index contributed by atoms with van der Waals surface area (Å²) in [5.74, 6) is 0.236. The third-order valence-electron chi connectivity index (χ3n) is 5.94. The largest absolute Gasteiger partial charge is 0.377 e. The maximum Gasteiger partial charge on any atom is 0.247 e. The second-order valence-corrected chi connectivity index (χ2v) is 8.13. The number of ether oxygens (including phenoxy) is 1. The molecule has 2 aliphatic heterocycles. The molecule has 0 N–H and O–H groups in total. The molecule has 1 aromatic heterocycles. The average molecular weight is 417 g/mol. The minimum Gasteiger partial charge on any atom is -0.377 e. The Morgan fingerprint density at radius 3 is 2.90 bits per heavy atom. The van der Waals surface area contributed by atoms with E-state index in [2.05, 4.69) is 20.4 Å². The lowest BCUT2D eigenvalue weighted by molar-refractivity contribution is -0.135. The van der Waals surface area contributed by atoms with Crippen molar-refractivity contribution in [1.82, 2.24) is 30.0 Å². The highest BCUT2D eigenvalue weighted by Crippen LogP contribution is 2.20. The van der Waals surface area contributed by atoms with Crippen LogP contribution in [0.25, 0.3) is 0 Å². The van der Waals surface area contributed by atoms with Gasteiger partial charge in [-0.05, 0) is 60.9 Å². The van der Waals surface area contributed by atoms with Crippen LogP contribution < -0.4 is 0 Å². The molecule has 2 fully saturated rings. The molecular weight excluding hydrogens is 387 g/mol. The van der Waals surface area contributed by atoms with Gasteiger partial charge in [0.1, 0.15) is 17.7 Å². The van der Waals surface area contributed by atoms with E-state index in [-0.39, 0.29) is 11.7 Å². The Labute approximate surface area is 176 Å². The fraction of sp³-hybridized carbons (Fsp3) is 0.619. The summed E-state index contributed by atoms with van der Waals surface area (Å²) in [6, 6.07) is 5.76. The average Bonchev–Trinajstić information content (AvgIpc) is 3.33. The number of tetrazole rings is 1. The van der Waals surface area contributed by atoms with E-state index in [4.69, 9.17) is 4.74 Å². The zero-order valence-electron chi connectivity index (χ0n) is 17.4. The minimum absolute atomic E-state index is 0.0198. The first-order valence-electron chi connectivity index (χ1n) is 10.7. The summed E-state index contributed by atoms with van der Waals surface area (Å²) < 4.78 is 21.0. The highest BCUT2D eigenvalue weighted by molar-refractivity contribution is 5.80. The van der Waals surface area contributed by atoms with Crippen molar-refractivity contribution in [3.05, 3.63) is 41.5 Å². The number of benzene rings is 1. The van der Waals surface area contributed by atoms with Crippen molar-refractivity contribution in [3.8, 4) is 0 Å². The van der Waals surface area contributed by atoms with Gasteiger partial charge in [-0.1, -0.05) is 12.1 Å². The summed E-state index contributed by atoms with van der Waals surface area (Å²) in [7, 11) is 0. The number of rotatable bonds is 6. The Bertz CT molecular complexity index is 854. The Morgan fingerprint density at radius 1 is 1.27 bits per heavy atom. The Hall–Kier alpha value is -2.39. The maximum absolute atomic E-state index is 13.7. The van der Waals surface area contributed by atoms with E-state index in [1.807, 2.05) is 11.0 Å². The van der Waals surface area contributed by atoms with Crippen LogP contribution in [0.3, 0.4) is 0 Å². The molecular formula is C21H29FN6O2. The van der Waals surface area contributed by atoms with Gasteiger partial charge in [0, 0.05) is 39.2 Å². The van der Waals surface area contributed by atoms with Gasteiger partial charge in [0.05, 0.1) is 6.10 Å². The first-order valence-corrected chi connectivity index (χ1v) is 10.7. The highest BCUT2D eigenvalue weighted by atomic mass is 19.1. The van der Waals surface area contributed by atoms with Crippen molar-refractivity contribution in [2.45, 2.75) is 44.8 Å². The third-order valence-corrected chi connectivity index (χ3v) is 5.94. The summed E-state index contributed by atoms with van der Waals surface area (Å²) in [6.07, 6.45) is 3.83. The molecule has 1 amide bonds. The van der Waals surface area contributed by atoms with Crippen LogP contribution in [-0.2, 0) is 16.0 Å². The van der Waals surface area contributed by atoms with Gasteiger partial charge in [0.25, 0.3) is 0 Å². The van der Waals surface area contributed by atoms with Gasteiger partial charge in [0.2, 0.25) is 5.91 Å². The van der Waals surface area contributed by atoms with Gasteiger partial charge in [-0.3, -0.25) is 9.69 Å². The molecule has 0 bridgehead atoms. The van der Waals surface area contributed by atoms with Gasteiger partial charge in [-0.2, -0.15) is 0 Å². The van der Waals surface area contributed by atoms with Crippen molar-refractivity contribution in [1.29, 1.82) is 0 Å². The standard InChI is InChI=1S/C21H29FN6O2/c1-16-23-24-25-28(16)20(14-17-5-2-6-18(22)13-17)21(29)27-9-4-8-26(10-11-27)15-19-7-3-12-30-19/h2,5-6,13,19-20H,3-4,7-12,14-15H2,1H3/t19-,20+/m0/s1. The fourth-order valence-electron chi connectivity index (χ4n) is 4.35. The zero-order valence-corrected chi connectivity index (χ0v) is 17.4. The minimum atomic E-state index is -0.591. The molecule has 0 saturated carbocycles. The van der Waals surface area contributed by atoms with Crippen LogP contribution in [0.1, 0.15) is 36.7 Å². The van der Waals surface area contributed by atoms with Crippen LogP contribution in [0.15, 0.2) is 24.3 Å². The smallest absolute Gasteiger partial charge is 0.247 e. The molecule has 2 atom stereocenters. The number of amides is 1. The highest BCUT2D eigenvalue weighted by Gasteiger charge is 2.30. The second kappa shape index (κ2) is 9.61. The van der Waals surface area contributed by atoms with Crippen LogP contribution in [0.2, 0.25) is 0 Å². The zero-order chi connectivity index (χ0) is 20.9. The number of carbonyl (C=O) groups is 1. The maximum atomic E-state index is 13.7. The molecule has 0 aliphatic carbocycles. The Kier molecular flexibility index (Phi) is 6.69. The molecule has 0 unspecified atom stereocenters. The van der Waals surface area contributed by atoms with Crippen LogP contribution in [0, 0.1) is 12.7 Å². The Morgan fingerprint density at radius 2 is 2.17 bits per heavy atom. The molecule has 0 radical (unpaired) electrons. The van der Waals surface area contributed by atoms with Crippen LogP contribution in [0.5, 0.6) is 0 Å². The van der Waals surface area contributed by atoms with E-state index in [0.717, 1.165) is 51.1 Å². The van der Waals surface area contributed by atoms with Gasteiger partial charge < -0.3 is 9.64 Å². The van der Waals surface area contributed by atoms with E-state index < -0.39 is 6.04 Å². The van der Waals surface area contributed by atoms with Gasteiger partial charge >= 0.3 is 0 Å². The SMILES string of the molecule is Cc1nnnn1[C@H](Cc1cccc(F)c1)C(=O)N1CCCN(C[C@@H]2CCCO2)CC1. The van der Waals surface area contributed by atoms with E-state index in [1.54, 1.807) is 17.7 Å². The number of halogens is 1. The topological polar surface area (TPSA) is 76.4 Å². The number of carbonyl (C=O) groups excluding carboxylic acids is 1. The monoisotopic (exact) mass is 416 g/mol. The number of aromatic nitrogens is 4. The summed E-state index contributed by atoms with van der Waals surface area (Å²) in [5, 5.41) is 11.7. The number of aryl methyl sites for hydroxylation is 1. The van der Waals surface area contributed by atoms with E-state index in [1.165, 1.54) is 12.1 Å². The fourth-order valence-corrected chi connectivity index (χ4v) is 4.35. The molecule has 1 aromatic carbocycles. The quantitative estimate of drug-likeness (QED) is 0.712. The van der Waals surface area contributed by atoms with Crippen molar-refractivity contribution in [3.63, 3.8) is 0 Å². The van der Waals surface area contributed by atoms with E-state index >= 15 is 0 Å². The van der Waals surface area contributed by atoms with Crippen LogP contribution >= 0.6 is 0 Å². The molecule has 162 valence electrons. The molecule has 2 aromatic rings. The molecule has 9 heteroatoms. The Balaban J connectivity index is 1.46. The predicted octanol–water partition coefficient (Wildman–Crippen LogP) is 1.62. The number of nitrogens with zero attached hydrogens (tertiary/aromatic N) is 6. The van der Waals surface area contributed by atoms with Crippen LogP contribution in [-0.4, -0.2) is 81.3 Å². The molecule has 0 spiro atoms. The molecule has 30 heavy (non-hydrogen) atoms. The first-order chi connectivity index (χ1) is 14.6. The van der Waals surface area contributed by atoms with E-state index in [0.29, 0.717) is 31.4 Å². The summed E-state index contributed by atoms with van der Waals surface area (Å²) in [6.45, 7) is 6.71. The van der Waals surface area contributed by atoms with E-state index in [9.17, 15) is 9.18 Å². The van der Waals surface area contributed by atoms with Crippen molar-refractivity contribution >= 4 is 5.91 Å². The lowest BCUT2D eigenvalue weighted by atomic mass is 10.0. The molecule has 3 heterocycles. The van der Waals surface area contributed by atoms with Gasteiger partial charge in [-0.25, -0.2) is 9.07 Å². The normalized spacial score (nSPS) is 21.5. The first kappa shape index (κ1) is 20.9. The number of hydrogen-bond donors (Lipinski definition) is 0. The lowest BCUT2D eigenvalue weighted by Gasteiger charge is -2.27. The summed E-state index contributed by atoms with van der Waals surface area (Å²) in [4.78, 5) is 17.8. The predicted molar refractivity (Wildman–Crippen MR) is 108 cm³/mol. The number of hydrogen-bond acceptors (Lipinski definition) is 6. The summed E-state index contributed by atoms with van der Waals surface area (Å²) >= 11 is 0. The van der Waals surface area contributed by atoms with Crippen molar-refractivity contribution < 1.29 is 13.9 Å².